The zero-order valence-electron chi connectivity index (χ0n) is 13.7. The van der Waals surface area contributed by atoms with Crippen molar-refractivity contribution in [2.45, 2.75) is 38.1 Å². The van der Waals surface area contributed by atoms with E-state index in [1.54, 1.807) is 27.7 Å². The van der Waals surface area contributed by atoms with Gasteiger partial charge in [0.15, 0.2) is 0 Å². The van der Waals surface area contributed by atoms with E-state index in [1.807, 2.05) is 0 Å². The molecule has 0 aliphatic carbocycles. The molecule has 96 valence electrons. The van der Waals surface area contributed by atoms with Gasteiger partial charge in [-0.1, -0.05) is 27.7 Å². The molecule has 0 aliphatic rings. The number of ketones is 2. The fraction of sp³-hybridized carbons (Fsp3) is 0.800. The predicted molar refractivity (Wildman–Crippen MR) is 103 cm³/mol. The quantitative estimate of drug-likeness (QED) is 0.458. The minimum absolute atomic E-state index is 0.463. The average molecular weight is 274 g/mol. The maximum Gasteiger partial charge on any atom is 0.124 e. The van der Waals surface area contributed by atoms with Crippen molar-refractivity contribution in [1.29, 1.82) is 0 Å². The van der Waals surface area contributed by atoms with E-state index < -0.39 is 46.8 Å². The molecule has 2 nitrogen and oxygen atoms in total. The largest absolute Gasteiger partial charge is 0.300 e. The van der Waals surface area contributed by atoms with Crippen LogP contribution in [0.4, 0.5) is 0 Å². The summed E-state index contributed by atoms with van der Waals surface area (Å²) in [5.74, 6) is -1.98. The summed E-state index contributed by atoms with van der Waals surface area (Å²) < 4.78 is 0. The van der Waals surface area contributed by atoms with Gasteiger partial charge in [0.05, 0.1) is 28.0 Å². The molecule has 0 saturated heterocycles. The summed E-state index contributed by atoms with van der Waals surface area (Å²) in [7, 11) is 37.2. The Hall–Kier alpha value is -0.0106. The molecule has 0 amide bonds. The molecular weight excluding hydrogens is 260 g/mol. The second kappa shape index (κ2) is 8.20. The van der Waals surface area contributed by atoms with E-state index in [1.165, 1.54) is 0 Å². The van der Waals surface area contributed by atoms with Gasteiger partial charge in [0.25, 0.3) is 0 Å². The highest BCUT2D eigenvalue weighted by Crippen LogP contribution is 2.54. The number of hydrogen-bond acceptors (Lipinski definition) is 2. The van der Waals surface area contributed by atoms with Gasteiger partial charge in [-0.2, -0.15) is 0 Å². The first-order chi connectivity index (χ1) is 9.94. The third-order valence-electron chi connectivity index (χ3n) is 4.07. The topological polar surface area (TPSA) is 34.1 Å². The number of rotatable bonds is 9. The van der Waals surface area contributed by atoms with Crippen molar-refractivity contribution in [3.05, 3.63) is 0 Å². The van der Waals surface area contributed by atoms with Crippen LogP contribution in [0, 0.1) is 11.8 Å². The molecule has 12 heteroatoms. The van der Waals surface area contributed by atoms with Gasteiger partial charge in [-0.25, -0.2) is 0 Å². The fourth-order valence-electron chi connectivity index (χ4n) is 2.84. The van der Waals surface area contributed by atoms with Crippen LogP contribution in [0.2, 0.25) is 10.4 Å². The van der Waals surface area contributed by atoms with E-state index in [0.29, 0.717) is 0 Å². The molecule has 22 heavy (non-hydrogen) atoms. The monoisotopic (exact) mass is 276 g/mol. The molecule has 0 aromatic heterocycles. The molecule has 0 bridgehead atoms. The van der Waals surface area contributed by atoms with Gasteiger partial charge in [0.2, 0.25) is 0 Å². The van der Waals surface area contributed by atoms with E-state index in [9.17, 15) is 9.59 Å². The molecule has 0 N–H and O–H groups in total. The van der Waals surface area contributed by atoms with Gasteiger partial charge >= 0.3 is 0 Å². The van der Waals surface area contributed by atoms with Crippen molar-refractivity contribution in [2.24, 2.45) is 11.8 Å². The molecule has 0 fully saturated rings. The lowest BCUT2D eigenvalue weighted by molar-refractivity contribution is -0.129. The van der Waals surface area contributed by atoms with Crippen LogP contribution in [0.1, 0.15) is 27.7 Å². The van der Waals surface area contributed by atoms with Crippen LogP contribution in [-0.2, 0) is 9.59 Å². The molecule has 0 aromatic carbocycles. The Morgan fingerprint density at radius 3 is 1.59 bits per heavy atom. The van der Waals surface area contributed by atoms with E-state index in [4.69, 9.17) is 46.5 Å². The van der Waals surface area contributed by atoms with Crippen LogP contribution in [-0.4, -0.2) is 85.3 Å². The molecule has 2 atom stereocenters. The fourth-order valence-corrected chi connectivity index (χ4v) is 2.84. The van der Waals surface area contributed by atoms with Crippen molar-refractivity contribution in [2.75, 3.05) is 0 Å². The third kappa shape index (κ3) is 3.41. The molecule has 0 rings (SSSR count). The molecule has 2 unspecified atom stereocenters. The van der Waals surface area contributed by atoms with Crippen molar-refractivity contribution < 1.29 is 9.59 Å². The highest BCUT2D eigenvalue weighted by Gasteiger charge is 2.58. The highest BCUT2D eigenvalue weighted by molar-refractivity contribution is 7.54. The average Bonchev–Trinajstić information content (AvgIpc) is 2.45. The Morgan fingerprint density at radius 2 is 1.36 bits per heavy atom. The summed E-state index contributed by atoms with van der Waals surface area (Å²) in [6.45, 7) is 4.08. The second-order valence-electron chi connectivity index (χ2n) is 6.19. The van der Waals surface area contributed by atoms with Crippen LogP contribution >= 0.6 is 0 Å². The van der Waals surface area contributed by atoms with Crippen molar-refractivity contribution >= 4 is 85.3 Å². The SMILES string of the molecule is [B][B]B([B])C(B([B])[B])(C(=O)C(C)C)C([B])([B][B])C(=O)C(C)C. The maximum absolute atomic E-state index is 12.9. The lowest BCUT2D eigenvalue weighted by Crippen LogP contribution is -2.65. The normalized spacial score (nSPS) is 16.5. The van der Waals surface area contributed by atoms with Crippen molar-refractivity contribution in [3.63, 3.8) is 0 Å². The van der Waals surface area contributed by atoms with Crippen LogP contribution < -0.4 is 0 Å². The molecule has 14 radical (unpaired) electrons. The predicted octanol–water partition coefficient (Wildman–Crippen LogP) is -1.94. The summed E-state index contributed by atoms with van der Waals surface area (Å²) >= 11 is 0. The third-order valence-corrected chi connectivity index (χ3v) is 4.07. The molecule has 0 heterocycles. The minimum atomic E-state index is -1.94. The summed E-state index contributed by atoms with van der Waals surface area (Å²) in [6.07, 6.45) is 0. The summed E-state index contributed by atoms with van der Waals surface area (Å²) in [5.41, 5.74) is 0. The maximum atomic E-state index is 12.9. The van der Waals surface area contributed by atoms with Crippen molar-refractivity contribution in [1.82, 2.24) is 0 Å². The van der Waals surface area contributed by atoms with Gasteiger partial charge in [0, 0.05) is 57.6 Å². The number of carbonyl (C=O) groups is 2. The second-order valence-corrected chi connectivity index (χ2v) is 6.19. The summed E-state index contributed by atoms with van der Waals surface area (Å²) in [5, 5.41) is -3.78. The van der Waals surface area contributed by atoms with Crippen LogP contribution in [0.15, 0.2) is 0 Å². The molecule has 0 aromatic rings. The Bertz CT molecular complexity index is 415. The summed E-state index contributed by atoms with van der Waals surface area (Å²) in [6, 6.07) is 0. The van der Waals surface area contributed by atoms with Crippen LogP contribution in [0.25, 0.3) is 0 Å². The van der Waals surface area contributed by atoms with Gasteiger partial charge in [-0.05, 0) is 10.4 Å². The molecular formula is C10H14B10O2. The van der Waals surface area contributed by atoms with Crippen LogP contribution in [0.5, 0.6) is 0 Å². The van der Waals surface area contributed by atoms with Gasteiger partial charge in [-0.15, -0.1) is 0 Å². The Morgan fingerprint density at radius 1 is 0.955 bits per heavy atom. The van der Waals surface area contributed by atoms with Gasteiger partial charge in [-0.3, -0.25) is 0 Å². The Labute approximate surface area is 145 Å². The zero-order valence-corrected chi connectivity index (χ0v) is 13.7. The first kappa shape index (κ1) is 22.0. The van der Waals surface area contributed by atoms with Crippen LogP contribution in [0.3, 0.4) is 0 Å². The number of carbonyl (C=O) groups excluding carboxylic acids is 2. The van der Waals surface area contributed by atoms with E-state index in [0.717, 1.165) is 14.2 Å². The lowest BCUT2D eigenvalue weighted by Gasteiger charge is -2.56. The van der Waals surface area contributed by atoms with Crippen molar-refractivity contribution in [3.8, 4) is 0 Å². The van der Waals surface area contributed by atoms with E-state index >= 15 is 0 Å². The lowest BCUT2D eigenvalue weighted by atomic mass is 8.82. The van der Waals surface area contributed by atoms with E-state index in [-0.39, 0.29) is 0 Å². The first-order valence-electron chi connectivity index (χ1n) is 7.20. The van der Waals surface area contributed by atoms with Gasteiger partial charge < -0.3 is 9.59 Å². The first-order valence-corrected chi connectivity index (χ1v) is 7.20. The molecule has 0 spiro atoms. The zero-order chi connectivity index (χ0) is 17.9. The number of Topliss-reactive ketones (excluding diaryl/α,β-unsaturated/α-hetero) is 2. The van der Waals surface area contributed by atoms with E-state index in [2.05, 4.69) is 0 Å². The van der Waals surface area contributed by atoms with Gasteiger partial charge in [0.1, 0.15) is 11.6 Å². The Balaban J connectivity index is 6.59. The Kier molecular flexibility index (Phi) is 8.19. The molecule has 0 aliphatic heterocycles. The standard InChI is InChI=1S/C10H14B10O2/c1-5(2)7(21)9(11,17-12)10(19(14)15,20(16)18-13)8(22)6(3)4/h5-6H,1-4H3. The molecule has 0 saturated carbocycles. The minimum Gasteiger partial charge on any atom is -0.300 e. The number of hydrogen-bond donors (Lipinski definition) is 0. The summed E-state index contributed by atoms with van der Waals surface area (Å²) in [4.78, 5) is 25.6. The smallest absolute Gasteiger partial charge is 0.124 e. The highest BCUT2D eigenvalue weighted by atomic mass is 16.1.